The Morgan fingerprint density at radius 1 is 1.24 bits per heavy atom. The average molecular weight is 335 g/mol. The highest BCUT2D eigenvalue weighted by Gasteiger charge is 2.23. The first-order chi connectivity index (χ1) is 12.2. The first-order valence-corrected chi connectivity index (χ1v) is 8.58. The molecular formula is C19H21N5O. The van der Waals surface area contributed by atoms with Gasteiger partial charge in [0.2, 0.25) is 0 Å². The molecule has 1 aromatic carbocycles. The Morgan fingerprint density at radius 3 is 2.96 bits per heavy atom. The van der Waals surface area contributed by atoms with Gasteiger partial charge in [-0.25, -0.2) is 9.97 Å². The number of hydrogen-bond donors (Lipinski definition) is 1. The number of amides is 1. The molecule has 1 saturated heterocycles. The molecule has 1 amide bonds. The summed E-state index contributed by atoms with van der Waals surface area (Å²) in [5, 5.41) is 4.27. The average Bonchev–Trinajstić information content (AvgIpc) is 3.07. The lowest BCUT2D eigenvalue weighted by molar-refractivity contribution is 0.0925. The zero-order valence-electron chi connectivity index (χ0n) is 14.2. The molecule has 0 radical (unpaired) electrons. The van der Waals surface area contributed by atoms with Crippen LogP contribution in [-0.4, -0.2) is 39.6 Å². The molecule has 4 rings (SSSR count). The third-order valence-corrected chi connectivity index (χ3v) is 4.71. The lowest BCUT2D eigenvalue weighted by Gasteiger charge is -2.34. The predicted octanol–water partition coefficient (Wildman–Crippen LogP) is 2.37. The quantitative estimate of drug-likeness (QED) is 0.798. The second kappa shape index (κ2) is 6.55. The Morgan fingerprint density at radius 2 is 2.12 bits per heavy atom. The monoisotopic (exact) mass is 335 g/mol. The Hall–Kier alpha value is -2.89. The van der Waals surface area contributed by atoms with Gasteiger partial charge < -0.3 is 14.8 Å². The van der Waals surface area contributed by atoms with E-state index < -0.39 is 0 Å². The predicted molar refractivity (Wildman–Crippen MR) is 97.7 cm³/mol. The van der Waals surface area contributed by atoms with E-state index in [1.165, 1.54) is 0 Å². The third kappa shape index (κ3) is 3.20. The SMILES string of the molecule is Cn1cncc1C(=O)NC1CCCN(c2ccc3ccccc3n2)C1. The van der Waals surface area contributed by atoms with Crippen LogP contribution in [0.4, 0.5) is 5.82 Å². The van der Waals surface area contributed by atoms with Crippen molar-refractivity contribution in [1.29, 1.82) is 0 Å². The van der Waals surface area contributed by atoms with Gasteiger partial charge in [0.1, 0.15) is 11.5 Å². The molecule has 1 atom stereocenters. The summed E-state index contributed by atoms with van der Waals surface area (Å²) in [6.45, 7) is 1.73. The van der Waals surface area contributed by atoms with Gasteiger partial charge in [0.05, 0.1) is 18.0 Å². The number of imidazole rings is 1. The highest BCUT2D eigenvalue weighted by Crippen LogP contribution is 2.21. The number of piperidine rings is 1. The number of pyridine rings is 1. The highest BCUT2D eigenvalue weighted by molar-refractivity contribution is 5.92. The number of carbonyl (C=O) groups is 1. The standard InChI is InChI=1S/C19H21N5O/c1-23-13-20-11-17(23)19(25)21-15-6-4-10-24(12-15)18-9-8-14-5-2-3-7-16(14)22-18/h2-3,5,7-9,11,13,15H,4,6,10,12H2,1H3,(H,21,25). The van der Waals surface area contributed by atoms with Crippen molar-refractivity contribution in [1.82, 2.24) is 19.9 Å². The van der Waals surface area contributed by atoms with Gasteiger partial charge in [0.25, 0.3) is 5.91 Å². The van der Waals surface area contributed by atoms with Crippen molar-refractivity contribution in [2.24, 2.45) is 7.05 Å². The molecule has 1 aliphatic heterocycles. The van der Waals surface area contributed by atoms with Gasteiger partial charge in [-0.1, -0.05) is 18.2 Å². The highest BCUT2D eigenvalue weighted by atomic mass is 16.2. The number of benzene rings is 1. The summed E-state index contributed by atoms with van der Waals surface area (Å²) in [6, 6.07) is 12.4. The number of hydrogen-bond acceptors (Lipinski definition) is 4. The number of rotatable bonds is 3. The van der Waals surface area contributed by atoms with Crippen molar-refractivity contribution in [2.45, 2.75) is 18.9 Å². The maximum absolute atomic E-state index is 12.4. The smallest absolute Gasteiger partial charge is 0.269 e. The van der Waals surface area contributed by atoms with Crippen molar-refractivity contribution < 1.29 is 4.79 Å². The van der Waals surface area contributed by atoms with Gasteiger partial charge in [0, 0.05) is 31.6 Å². The lowest BCUT2D eigenvalue weighted by atomic mass is 10.1. The summed E-state index contributed by atoms with van der Waals surface area (Å²) in [4.78, 5) is 23.4. The van der Waals surface area contributed by atoms with Crippen molar-refractivity contribution in [2.75, 3.05) is 18.0 Å². The molecule has 3 aromatic rings. The van der Waals surface area contributed by atoms with E-state index in [4.69, 9.17) is 4.98 Å². The number of aromatic nitrogens is 3. The van der Waals surface area contributed by atoms with E-state index in [2.05, 4.69) is 33.4 Å². The van der Waals surface area contributed by atoms with Crippen LogP contribution >= 0.6 is 0 Å². The molecule has 2 aromatic heterocycles. The molecule has 6 nitrogen and oxygen atoms in total. The minimum absolute atomic E-state index is 0.0710. The van der Waals surface area contributed by atoms with Gasteiger partial charge in [-0.05, 0) is 31.0 Å². The molecule has 1 fully saturated rings. The Bertz CT molecular complexity index is 903. The summed E-state index contributed by atoms with van der Waals surface area (Å²) in [6.07, 6.45) is 5.25. The van der Waals surface area contributed by atoms with Crippen LogP contribution in [0.5, 0.6) is 0 Å². The summed E-state index contributed by atoms with van der Waals surface area (Å²) in [7, 11) is 1.83. The van der Waals surface area contributed by atoms with E-state index in [1.807, 2.05) is 25.2 Å². The van der Waals surface area contributed by atoms with Crippen LogP contribution < -0.4 is 10.2 Å². The normalized spacial score (nSPS) is 17.6. The number of carbonyl (C=O) groups excluding carboxylic acids is 1. The van der Waals surface area contributed by atoms with Crippen LogP contribution in [0.1, 0.15) is 23.3 Å². The maximum atomic E-state index is 12.4. The van der Waals surface area contributed by atoms with Crippen LogP contribution in [0.25, 0.3) is 10.9 Å². The van der Waals surface area contributed by atoms with Crippen LogP contribution in [-0.2, 0) is 7.05 Å². The minimum Gasteiger partial charge on any atom is -0.355 e. The molecule has 1 aliphatic rings. The van der Waals surface area contributed by atoms with Crippen molar-refractivity contribution >= 4 is 22.6 Å². The number of nitrogens with one attached hydrogen (secondary N) is 1. The topological polar surface area (TPSA) is 63.1 Å². The van der Waals surface area contributed by atoms with E-state index >= 15 is 0 Å². The van der Waals surface area contributed by atoms with Gasteiger partial charge in [0.15, 0.2) is 0 Å². The molecule has 128 valence electrons. The number of fused-ring (bicyclic) bond motifs is 1. The molecule has 0 bridgehead atoms. The van der Waals surface area contributed by atoms with Gasteiger partial charge >= 0.3 is 0 Å². The van der Waals surface area contributed by atoms with E-state index in [0.29, 0.717) is 5.69 Å². The number of para-hydroxylation sites is 1. The summed E-state index contributed by atoms with van der Waals surface area (Å²) >= 11 is 0. The molecule has 3 heterocycles. The Balaban J connectivity index is 1.48. The zero-order valence-corrected chi connectivity index (χ0v) is 14.2. The van der Waals surface area contributed by atoms with Crippen LogP contribution in [0, 0.1) is 0 Å². The summed E-state index contributed by atoms with van der Waals surface area (Å²) in [5.74, 6) is 0.900. The second-order valence-corrected chi connectivity index (χ2v) is 6.51. The van der Waals surface area contributed by atoms with E-state index in [0.717, 1.165) is 42.7 Å². The van der Waals surface area contributed by atoms with Gasteiger partial charge in [-0.2, -0.15) is 0 Å². The molecule has 0 spiro atoms. The van der Waals surface area contributed by atoms with Crippen molar-refractivity contribution in [3.63, 3.8) is 0 Å². The third-order valence-electron chi connectivity index (χ3n) is 4.71. The number of anilines is 1. The maximum Gasteiger partial charge on any atom is 0.269 e. The molecule has 6 heteroatoms. The van der Waals surface area contributed by atoms with Crippen LogP contribution in [0.15, 0.2) is 48.9 Å². The molecule has 1 N–H and O–H groups in total. The van der Waals surface area contributed by atoms with Gasteiger partial charge in [-0.3, -0.25) is 4.79 Å². The molecule has 1 unspecified atom stereocenters. The second-order valence-electron chi connectivity index (χ2n) is 6.51. The zero-order chi connectivity index (χ0) is 17.2. The van der Waals surface area contributed by atoms with E-state index in [1.54, 1.807) is 17.1 Å². The first kappa shape index (κ1) is 15.6. The van der Waals surface area contributed by atoms with Gasteiger partial charge in [-0.15, -0.1) is 0 Å². The fourth-order valence-corrected chi connectivity index (χ4v) is 3.37. The Kier molecular flexibility index (Phi) is 4.09. The molecule has 0 aliphatic carbocycles. The molecular weight excluding hydrogens is 314 g/mol. The fraction of sp³-hybridized carbons (Fsp3) is 0.316. The largest absolute Gasteiger partial charge is 0.355 e. The lowest BCUT2D eigenvalue weighted by Crippen LogP contribution is -2.48. The van der Waals surface area contributed by atoms with Crippen LogP contribution in [0.2, 0.25) is 0 Å². The summed E-state index contributed by atoms with van der Waals surface area (Å²) in [5.41, 5.74) is 1.59. The van der Waals surface area contributed by atoms with Crippen LogP contribution in [0.3, 0.4) is 0 Å². The molecule has 25 heavy (non-hydrogen) atoms. The number of nitrogens with zero attached hydrogens (tertiary/aromatic N) is 4. The number of aryl methyl sites for hydroxylation is 1. The van der Waals surface area contributed by atoms with Crippen molar-refractivity contribution in [3.05, 3.63) is 54.6 Å². The Labute approximate surface area is 146 Å². The minimum atomic E-state index is -0.0710. The molecule has 0 saturated carbocycles. The van der Waals surface area contributed by atoms with Crippen molar-refractivity contribution in [3.8, 4) is 0 Å². The van der Waals surface area contributed by atoms with E-state index in [9.17, 15) is 4.79 Å². The first-order valence-electron chi connectivity index (χ1n) is 8.58. The van der Waals surface area contributed by atoms with E-state index in [-0.39, 0.29) is 11.9 Å². The summed E-state index contributed by atoms with van der Waals surface area (Å²) < 4.78 is 1.74. The fourth-order valence-electron chi connectivity index (χ4n) is 3.37.